The lowest BCUT2D eigenvalue weighted by Gasteiger charge is -2.22. The summed E-state index contributed by atoms with van der Waals surface area (Å²) in [5, 5.41) is 32.4. The summed E-state index contributed by atoms with van der Waals surface area (Å²) in [7, 11) is 0. The number of benzene rings is 1. The molecule has 2 unspecified atom stereocenters. The van der Waals surface area contributed by atoms with Crippen LogP contribution in [0.4, 0.5) is 5.69 Å². The molecule has 2 atom stereocenters. The molecule has 0 amide bonds. The van der Waals surface area contributed by atoms with Crippen LogP contribution in [0.5, 0.6) is 5.75 Å². The average Bonchev–Trinajstić information content (AvgIpc) is 2.95. The first-order valence-corrected chi connectivity index (χ1v) is 10.9. The van der Waals surface area contributed by atoms with Crippen LogP contribution in [0, 0.1) is 17.0 Å². The van der Waals surface area contributed by atoms with Crippen molar-refractivity contribution in [2.24, 2.45) is 0 Å². The molecule has 0 spiro atoms. The van der Waals surface area contributed by atoms with Gasteiger partial charge in [0.1, 0.15) is 11.4 Å². The van der Waals surface area contributed by atoms with E-state index in [1.807, 2.05) is 27.7 Å². The zero-order valence-corrected chi connectivity index (χ0v) is 19.4. The molecular weight excluding hydrogens is 402 g/mol. The Morgan fingerprint density at radius 3 is 2.48 bits per heavy atom. The molecule has 0 aromatic heterocycles. The molecule has 8 nitrogen and oxygen atoms in total. The van der Waals surface area contributed by atoms with E-state index in [0.717, 1.165) is 11.1 Å². The van der Waals surface area contributed by atoms with Crippen LogP contribution in [0.2, 0.25) is 0 Å². The summed E-state index contributed by atoms with van der Waals surface area (Å²) in [4.78, 5) is 23.1. The molecule has 174 valence electrons. The second-order valence-electron chi connectivity index (χ2n) is 9.22. The topological polar surface area (TPSA) is 119 Å². The maximum absolute atomic E-state index is 11.9. The van der Waals surface area contributed by atoms with Gasteiger partial charge in [-0.15, -0.1) is 0 Å². The number of nitro benzene ring substituents is 1. The maximum Gasteiger partial charge on any atom is 0.308 e. The van der Waals surface area contributed by atoms with Crippen LogP contribution in [0.3, 0.4) is 0 Å². The lowest BCUT2D eigenvalue weighted by molar-refractivity contribution is -0.386. The molecule has 1 aromatic carbocycles. The number of hydrogen-bond acceptors (Lipinski definition) is 7. The number of esters is 1. The van der Waals surface area contributed by atoms with E-state index >= 15 is 0 Å². The summed E-state index contributed by atoms with van der Waals surface area (Å²) in [6.07, 6.45) is -0.775. The van der Waals surface area contributed by atoms with Gasteiger partial charge in [0.15, 0.2) is 0 Å². The van der Waals surface area contributed by atoms with E-state index in [2.05, 4.69) is 0 Å². The molecule has 0 radical (unpaired) electrons. The Bertz CT molecular complexity index is 832. The molecule has 0 bridgehead atoms. The Hall–Kier alpha value is -2.19. The Kier molecular flexibility index (Phi) is 8.05. The van der Waals surface area contributed by atoms with Gasteiger partial charge in [-0.1, -0.05) is 13.8 Å². The molecule has 1 aromatic rings. The smallest absolute Gasteiger partial charge is 0.308 e. The molecule has 8 heteroatoms. The molecule has 2 N–H and O–H groups in total. The van der Waals surface area contributed by atoms with Crippen molar-refractivity contribution in [3.05, 3.63) is 32.4 Å². The van der Waals surface area contributed by atoms with Crippen LogP contribution < -0.4 is 4.74 Å². The summed E-state index contributed by atoms with van der Waals surface area (Å²) >= 11 is 0. The van der Waals surface area contributed by atoms with Crippen LogP contribution >= 0.6 is 0 Å². The normalized spacial score (nSPS) is 16.5. The number of nitrogens with zero attached hydrogens (tertiary/aromatic N) is 1. The van der Waals surface area contributed by atoms with E-state index in [1.165, 1.54) is 0 Å². The molecule has 2 rings (SSSR count). The maximum atomic E-state index is 11.9. The summed E-state index contributed by atoms with van der Waals surface area (Å²) < 4.78 is 11.0. The van der Waals surface area contributed by atoms with Crippen molar-refractivity contribution in [1.82, 2.24) is 0 Å². The molecule has 0 fully saturated rings. The Balaban J connectivity index is 2.30. The van der Waals surface area contributed by atoms with Crippen molar-refractivity contribution in [3.8, 4) is 5.75 Å². The summed E-state index contributed by atoms with van der Waals surface area (Å²) in [6.45, 7) is 11.4. The molecule has 0 saturated carbocycles. The largest absolute Gasteiger partial charge is 0.487 e. The lowest BCUT2D eigenvalue weighted by atomic mass is 9.85. The highest BCUT2D eigenvalue weighted by atomic mass is 16.6. The Morgan fingerprint density at radius 2 is 1.94 bits per heavy atom. The fraction of sp³-hybridized carbons (Fsp3) is 0.696. The number of hydrogen-bond donors (Lipinski definition) is 2. The lowest BCUT2D eigenvalue weighted by Crippen LogP contribution is -2.25. The van der Waals surface area contributed by atoms with Gasteiger partial charge in [0.25, 0.3) is 5.69 Å². The first-order valence-electron chi connectivity index (χ1n) is 10.9. The van der Waals surface area contributed by atoms with Crippen molar-refractivity contribution in [2.75, 3.05) is 6.61 Å². The number of nitro groups is 1. The quantitative estimate of drug-likeness (QED) is 0.325. The molecule has 1 heterocycles. The van der Waals surface area contributed by atoms with E-state index in [4.69, 9.17) is 9.47 Å². The highest BCUT2D eigenvalue weighted by Crippen LogP contribution is 2.48. The number of fused-ring (bicyclic) bond motifs is 1. The van der Waals surface area contributed by atoms with Crippen LogP contribution in [-0.2, 0) is 22.4 Å². The van der Waals surface area contributed by atoms with Gasteiger partial charge in [0.2, 0.25) is 0 Å². The monoisotopic (exact) mass is 437 g/mol. The van der Waals surface area contributed by atoms with Crippen molar-refractivity contribution >= 4 is 11.7 Å². The second kappa shape index (κ2) is 9.96. The molecule has 0 saturated heterocycles. The fourth-order valence-corrected chi connectivity index (χ4v) is 4.38. The van der Waals surface area contributed by atoms with Crippen molar-refractivity contribution in [1.29, 1.82) is 0 Å². The minimum absolute atomic E-state index is 0.0261. The van der Waals surface area contributed by atoms with Gasteiger partial charge < -0.3 is 19.7 Å². The van der Waals surface area contributed by atoms with E-state index in [0.29, 0.717) is 29.7 Å². The van der Waals surface area contributed by atoms with Gasteiger partial charge in [-0.3, -0.25) is 14.9 Å². The zero-order chi connectivity index (χ0) is 23.5. The first kappa shape index (κ1) is 25.1. The number of carbonyl (C=O) groups excluding carboxylic acids is 1. The van der Waals surface area contributed by atoms with E-state index in [-0.39, 0.29) is 42.4 Å². The molecule has 1 aliphatic heterocycles. The van der Waals surface area contributed by atoms with Crippen LogP contribution in [0.1, 0.15) is 82.1 Å². The molecular formula is C23H35NO7. The summed E-state index contributed by atoms with van der Waals surface area (Å²) in [6, 6.07) is 0. The van der Waals surface area contributed by atoms with Crippen molar-refractivity contribution < 1.29 is 29.4 Å². The third-order valence-electron chi connectivity index (χ3n) is 5.66. The summed E-state index contributed by atoms with van der Waals surface area (Å²) in [5.74, 6) is 0.0845. The fourth-order valence-electron chi connectivity index (χ4n) is 4.38. The van der Waals surface area contributed by atoms with Gasteiger partial charge >= 0.3 is 5.97 Å². The minimum atomic E-state index is -1.01. The first-order chi connectivity index (χ1) is 14.4. The minimum Gasteiger partial charge on any atom is -0.487 e. The van der Waals surface area contributed by atoms with Gasteiger partial charge in [0, 0.05) is 28.7 Å². The predicted octanol–water partition coefficient (Wildman–Crippen LogP) is 3.74. The van der Waals surface area contributed by atoms with Crippen LogP contribution in [-0.4, -0.2) is 45.5 Å². The Labute approximate surface area is 183 Å². The highest BCUT2D eigenvalue weighted by molar-refractivity contribution is 5.69. The number of rotatable bonds is 10. The van der Waals surface area contributed by atoms with Gasteiger partial charge in [0.05, 0.1) is 30.2 Å². The molecule has 0 aliphatic carbocycles. The van der Waals surface area contributed by atoms with Crippen molar-refractivity contribution in [2.45, 2.75) is 97.4 Å². The predicted molar refractivity (Wildman–Crippen MR) is 117 cm³/mol. The van der Waals surface area contributed by atoms with Crippen LogP contribution in [0.25, 0.3) is 0 Å². The van der Waals surface area contributed by atoms with Crippen molar-refractivity contribution in [3.63, 3.8) is 0 Å². The van der Waals surface area contributed by atoms with E-state index in [1.54, 1.807) is 13.8 Å². The van der Waals surface area contributed by atoms with Crippen LogP contribution in [0.15, 0.2) is 0 Å². The van der Waals surface area contributed by atoms with E-state index < -0.39 is 23.8 Å². The number of carbonyl (C=O) groups is 1. The highest BCUT2D eigenvalue weighted by Gasteiger charge is 2.39. The second-order valence-corrected chi connectivity index (χ2v) is 9.22. The van der Waals surface area contributed by atoms with Gasteiger partial charge in [-0.2, -0.15) is 0 Å². The third kappa shape index (κ3) is 5.95. The van der Waals surface area contributed by atoms with Gasteiger partial charge in [-0.25, -0.2) is 0 Å². The van der Waals surface area contributed by atoms with Gasteiger partial charge in [-0.05, 0) is 52.9 Å². The number of aliphatic hydroxyl groups excluding tert-OH is 2. The molecule has 1 aliphatic rings. The average molecular weight is 438 g/mol. The van der Waals surface area contributed by atoms with E-state index in [9.17, 15) is 25.1 Å². The number of aliphatic hydroxyl groups is 2. The zero-order valence-electron chi connectivity index (χ0n) is 19.4. The third-order valence-corrected chi connectivity index (χ3v) is 5.66. The Morgan fingerprint density at radius 1 is 1.29 bits per heavy atom. The standard InChI is InChI=1S/C23H35NO7/c1-7-30-19(27)11-16(26)10-15(25)8-9-17-20(13(2)3)21(24(28)29)14(4)18-12-23(5,6)31-22(17)18/h13,15-16,25-26H,7-12H2,1-6H3. The summed E-state index contributed by atoms with van der Waals surface area (Å²) in [5.41, 5.74) is 2.56. The number of ether oxygens (including phenoxy) is 2. The SMILES string of the molecule is CCOC(=O)CC(O)CC(O)CCc1c2c(c(C)c([N+](=O)[O-])c1C(C)C)CC(C)(C)O2. The molecule has 31 heavy (non-hydrogen) atoms.